The number of carbonyl (C=O) groups excluding carboxylic acids is 1. The third-order valence-corrected chi connectivity index (χ3v) is 4.38. The maximum atomic E-state index is 12.5. The van der Waals surface area contributed by atoms with Gasteiger partial charge in [0.2, 0.25) is 0 Å². The molecule has 3 aromatic rings. The van der Waals surface area contributed by atoms with Crippen molar-refractivity contribution < 1.29 is 13.9 Å². The highest BCUT2D eigenvalue weighted by Gasteiger charge is 2.20. The molecule has 0 aliphatic heterocycles. The number of hydrogen-bond donors (Lipinski definition) is 1. The minimum absolute atomic E-state index is 0.393. The van der Waals surface area contributed by atoms with Crippen LogP contribution < -0.4 is 11.5 Å². The molecule has 0 saturated heterocycles. The number of carbonyl (C=O) groups is 1. The maximum absolute atomic E-state index is 12.5. The van der Waals surface area contributed by atoms with Crippen LogP contribution in [0.5, 0.6) is 0 Å². The molecule has 2 N–H and O–H groups in total. The molecule has 6 nitrogen and oxygen atoms in total. The van der Waals surface area contributed by atoms with Gasteiger partial charge in [-0.1, -0.05) is 60.7 Å². The number of nitrogens with two attached hydrogens (primary N) is 1. The molecule has 0 fully saturated rings. The number of aromatic nitrogens is 1. The Hall–Kier alpha value is -3.12. The third kappa shape index (κ3) is 4.17. The van der Waals surface area contributed by atoms with Crippen molar-refractivity contribution in [3.63, 3.8) is 0 Å². The summed E-state index contributed by atoms with van der Waals surface area (Å²) >= 11 is 0. The zero-order chi connectivity index (χ0) is 19.2. The van der Waals surface area contributed by atoms with Gasteiger partial charge in [0, 0.05) is 17.7 Å². The zero-order valence-corrected chi connectivity index (χ0v) is 15.1. The van der Waals surface area contributed by atoms with Crippen molar-refractivity contribution in [3.05, 3.63) is 71.2 Å². The Morgan fingerprint density at radius 2 is 1.67 bits per heavy atom. The van der Waals surface area contributed by atoms with E-state index in [0.717, 1.165) is 16.8 Å². The Kier molecular flexibility index (Phi) is 5.88. The van der Waals surface area contributed by atoms with Crippen molar-refractivity contribution in [2.24, 2.45) is 5.73 Å². The van der Waals surface area contributed by atoms with E-state index in [1.54, 1.807) is 4.57 Å². The molecule has 0 spiro atoms. The molecule has 1 heterocycles. The average Bonchev–Trinajstić information content (AvgIpc) is 3.05. The number of ether oxygens (including phenoxy) is 1. The van der Waals surface area contributed by atoms with Crippen LogP contribution in [0.3, 0.4) is 0 Å². The quantitative estimate of drug-likeness (QED) is 0.649. The number of benzene rings is 2. The molecule has 0 saturated carbocycles. The molecule has 0 radical (unpaired) electrons. The third-order valence-electron chi connectivity index (χ3n) is 4.38. The predicted molar refractivity (Wildman–Crippen MR) is 103 cm³/mol. The first-order valence-corrected chi connectivity index (χ1v) is 8.79. The minimum atomic E-state index is -0.702. The van der Waals surface area contributed by atoms with Gasteiger partial charge in [0.25, 0.3) is 0 Å². The van der Waals surface area contributed by atoms with Crippen LogP contribution >= 0.6 is 0 Å². The zero-order valence-electron chi connectivity index (χ0n) is 15.1. The molecule has 1 aromatic heterocycles. The highest BCUT2D eigenvalue weighted by atomic mass is 16.5. The summed E-state index contributed by atoms with van der Waals surface area (Å²) in [5.74, 6) is -0.355. The Labute approximate surface area is 157 Å². The van der Waals surface area contributed by atoms with E-state index < -0.39 is 17.8 Å². The van der Waals surface area contributed by atoms with Crippen LogP contribution in [0.15, 0.2) is 69.9 Å². The lowest BCUT2D eigenvalue weighted by Crippen LogP contribution is -2.32. The molecule has 6 heteroatoms. The van der Waals surface area contributed by atoms with Gasteiger partial charge in [-0.15, -0.1) is 0 Å². The maximum Gasteiger partial charge on any atom is 0.419 e. The highest BCUT2D eigenvalue weighted by Crippen LogP contribution is 2.31. The lowest BCUT2D eigenvalue weighted by atomic mass is 10.1. The van der Waals surface area contributed by atoms with Gasteiger partial charge < -0.3 is 14.9 Å². The van der Waals surface area contributed by atoms with E-state index in [-0.39, 0.29) is 0 Å². The van der Waals surface area contributed by atoms with Crippen LogP contribution in [0.2, 0.25) is 0 Å². The Morgan fingerprint density at radius 1 is 1.07 bits per heavy atom. The lowest BCUT2D eigenvalue weighted by molar-refractivity contribution is -0.142. The smallest absolute Gasteiger partial charge is 0.419 e. The molecule has 1 atom stereocenters. The van der Waals surface area contributed by atoms with E-state index in [2.05, 4.69) is 4.74 Å². The van der Waals surface area contributed by atoms with Gasteiger partial charge in [-0.25, -0.2) is 4.79 Å². The summed E-state index contributed by atoms with van der Waals surface area (Å²) in [6.45, 7) is 0.393. The van der Waals surface area contributed by atoms with E-state index in [9.17, 15) is 9.59 Å². The van der Waals surface area contributed by atoms with Crippen molar-refractivity contribution in [3.8, 4) is 22.6 Å². The van der Waals surface area contributed by atoms with Gasteiger partial charge >= 0.3 is 11.7 Å². The van der Waals surface area contributed by atoms with Crippen LogP contribution in [0.1, 0.15) is 12.8 Å². The second kappa shape index (κ2) is 8.51. The van der Waals surface area contributed by atoms with Gasteiger partial charge in [0.1, 0.15) is 6.04 Å². The van der Waals surface area contributed by atoms with Crippen molar-refractivity contribution in [1.29, 1.82) is 0 Å². The fraction of sp³-hybridized carbons (Fsp3) is 0.238. The van der Waals surface area contributed by atoms with Gasteiger partial charge in [0.15, 0.2) is 5.76 Å². The number of esters is 1. The average molecular weight is 366 g/mol. The van der Waals surface area contributed by atoms with E-state index in [1.807, 2.05) is 60.7 Å². The van der Waals surface area contributed by atoms with E-state index >= 15 is 0 Å². The Balaban J connectivity index is 1.95. The van der Waals surface area contributed by atoms with E-state index in [0.29, 0.717) is 25.1 Å². The van der Waals surface area contributed by atoms with Crippen LogP contribution in [-0.2, 0) is 16.1 Å². The molecule has 0 aliphatic rings. The van der Waals surface area contributed by atoms with Gasteiger partial charge in [0.05, 0.1) is 12.8 Å². The predicted octanol–water partition coefficient (Wildman–Crippen LogP) is 3.06. The molecule has 2 aromatic carbocycles. The number of oxazole rings is 1. The fourth-order valence-electron chi connectivity index (χ4n) is 3.01. The van der Waals surface area contributed by atoms with Crippen LogP contribution in [0.25, 0.3) is 22.6 Å². The monoisotopic (exact) mass is 366 g/mol. The van der Waals surface area contributed by atoms with Crippen LogP contribution in [-0.4, -0.2) is 23.7 Å². The number of rotatable bonds is 7. The summed E-state index contributed by atoms with van der Waals surface area (Å²) in [4.78, 5) is 24.0. The molecular weight excluding hydrogens is 344 g/mol. The summed E-state index contributed by atoms with van der Waals surface area (Å²) in [6.07, 6.45) is 0.961. The summed E-state index contributed by atoms with van der Waals surface area (Å²) in [5.41, 5.74) is 8.23. The van der Waals surface area contributed by atoms with E-state index in [1.165, 1.54) is 7.11 Å². The van der Waals surface area contributed by atoms with Gasteiger partial charge in [-0.2, -0.15) is 0 Å². The number of hydrogen-bond acceptors (Lipinski definition) is 5. The summed E-state index contributed by atoms with van der Waals surface area (Å²) in [7, 11) is 1.31. The summed E-state index contributed by atoms with van der Waals surface area (Å²) in [6, 6.07) is 18.4. The topological polar surface area (TPSA) is 87.5 Å². The minimum Gasteiger partial charge on any atom is -0.468 e. The van der Waals surface area contributed by atoms with Crippen LogP contribution in [0.4, 0.5) is 0 Å². The lowest BCUT2D eigenvalue weighted by Gasteiger charge is -2.11. The van der Waals surface area contributed by atoms with Crippen molar-refractivity contribution >= 4 is 5.97 Å². The SMILES string of the molecule is COC(=O)[C@@H](N)CCCn1c(-c2ccccc2)c(-c2ccccc2)oc1=O. The Morgan fingerprint density at radius 3 is 2.26 bits per heavy atom. The first kappa shape index (κ1) is 18.7. The molecular formula is C21H22N2O4. The van der Waals surface area contributed by atoms with Crippen molar-refractivity contribution in [2.75, 3.05) is 7.11 Å². The summed E-state index contributed by atoms with van der Waals surface area (Å²) < 4.78 is 11.8. The summed E-state index contributed by atoms with van der Waals surface area (Å²) in [5, 5.41) is 0. The normalized spacial score (nSPS) is 11.9. The first-order chi connectivity index (χ1) is 13.1. The highest BCUT2D eigenvalue weighted by molar-refractivity contribution is 5.77. The number of methoxy groups -OCH3 is 1. The second-order valence-electron chi connectivity index (χ2n) is 6.20. The molecule has 0 aliphatic carbocycles. The first-order valence-electron chi connectivity index (χ1n) is 8.79. The molecule has 0 amide bonds. The Bertz CT molecular complexity index is 945. The molecule has 3 rings (SSSR count). The standard InChI is InChI=1S/C21H22N2O4/c1-26-20(24)17(22)13-8-14-23-18(15-9-4-2-5-10-15)19(27-21(23)25)16-11-6-3-7-12-16/h2-7,9-12,17H,8,13-14,22H2,1H3/t17-/m0/s1. The van der Waals surface area contributed by atoms with Gasteiger partial charge in [-0.3, -0.25) is 9.36 Å². The van der Waals surface area contributed by atoms with E-state index in [4.69, 9.17) is 10.2 Å². The van der Waals surface area contributed by atoms with Crippen LogP contribution in [0, 0.1) is 0 Å². The van der Waals surface area contributed by atoms with Gasteiger partial charge in [-0.05, 0) is 12.8 Å². The van der Waals surface area contributed by atoms with Crippen molar-refractivity contribution in [2.45, 2.75) is 25.4 Å². The fourth-order valence-corrected chi connectivity index (χ4v) is 3.01. The molecule has 0 bridgehead atoms. The second-order valence-corrected chi connectivity index (χ2v) is 6.20. The number of nitrogens with zero attached hydrogens (tertiary/aromatic N) is 1. The molecule has 140 valence electrons. The van der Waals surface area contributed by atoms with Crippen molar-refractivity contribution in [1.82, 2.24) is 4.57 Å². The molecule has 0 unspecified atom stereocenters. The molecule has 27 heavy (non-hydrogen) atoms. The largest absolute Gasteiger partial charge is 0.468 e.